The van der Waals surface area contributed by atoms with Crippen LogP contribution in [0.4, 0.5) is 0 Å². The Bertz CT molecular complexity index is 487. The van der Waals surface area contributed by atoms with Crippen LogP contribution in [0.25, 0.3) is 11.0 Å². The fourth-order valence-electron chi connectivity index (χ4n) is 1.56. The highest BCUT2D eigenvalue weighted by molar-refractivity contribution is 5.79. The molecule has 0 fully saturated rings. The Balaban J connectivity index is 2.64. The second-order valence-corrected chi connectivity index (χ2v) is 3.29. The van der Waals surface area contributed by atoms with E-state index in [-0.39, 0.29) is 0 Å². The van der Waals surface area contributed by atoms with Crippen molar-refractivity contribution >= 4 is 17.3 Å². The first-order chi connectivity index (χ1) is 6.72. The third kappa shape index (κ3) is 1.28. The molecule has 4 heteroatoms. The second-order valence-electron chi connectivity index (χ2n) is 3.29. The molecule has 0 bridgehead atoms. The van der Waals surface area contributed by atoms with Gasteiger partial charge in [0.05, 0.1) is 5.69 Å². The molecule has 4 nitrogen and oxygen atoms in total. The van der Waals surface area contributed by atoms with Crippen LogP contribution in [0.3, 0.4) is 0 Å². The number of hydrogen-bond acceptors (Lipinski definition) is 3. The molecule has 0 aliphatic rings. The van der Waals surface area contributed by atoms with E-state index < -0.39 is 0 Å². The van der Waals surface area contributed by atoms with Gasteiger partial charge in [0, 0.05) is 25.1 Å². The second kappa shape index (κ2) is 3.21. The van der Waals surface area contributed by atoms with Crippen LogP contribution in [0.2, 0.25) is 0 Å². The fraction of sp³-hybridized carbons (Fsp3) is 0.300. The minimum atomic E-state index is 0.414. The zero-order valence-corrected chi connectivity index (χ0v) is 8.19. The highest BCUT2D eigenvalue weighted by Gasteiger charge is 2.06. The summed E-state index contributed by atoms with van der Waals surface area (Å²) in [5, 5.41) is 5.28. The van der Waals surface area contributed by atoms with Gasteiger partial charge in [-0.2, -0.15) is 5.10 Å². The van der Waals surface area contributed by atoms with Gasteiger partial charge in [-0.15, -0.1) is 0 Å². The summed E-state index contributed by atoms with van der Waals surface area (Å²) in [5.74, 6) is 0. The smallest absolute Gasteiger partial charge is 0.157 e. The van der Waals surface area contributed by atoms with Crippen molar-refractivity contribution in [1.82, 2.24) is 14.8 Å². The first kappa shape index (κ1) is 8.87. The molecule has 0 amide bonds. The molecule has 0 N–H and O–H groups in total. The number of rotatable bonds is 2. The van der Waals surface area contributed by atoms with Crippen LogP contribution >= 0.6 is 0 Å². The Morgan fingerprint density at radius 2 is 2.36 bits per heavy atom. The highest BCUT2D eigenvalue weighted by atomic mass is 16.1. The van der Waals surface area contributed by atoms with Crippen LogP contribution < -0.4 is 0 Å². The van der Waals surface area contributed by atoms with E-state index in [9.17, 15) is 4.79 Å². The minimum Gasteiger partial charge on any atom is -0.303 e. The Labute approximate surface area is 81.6 Å². The third-order valence-electron chi connectivity index (χ3n) is 2.24. The maximum Gasteiger partial charge on any atom is 0.157 e. The van der Waals surface area contributed by atoms with Crippen molar-refractivity contribution in [3.63, 3.8) is 0 Å². The summed E-state index contributed by atoms with van der Waals surface area (Å²) in [4.78, 5) is 14.6. The van der Waals surface area contributed by atoms with Gasteiger partial charge in [0.25, 0.3) is 0 Å². The minimum absolute atomic E-state index is 0.414. The number of pyridine rings is 1. The van der Waals surface area contributed by atoms with Gasteiger partial charge in [0.1, 0.15) is 6.29 Å². The summed E-state index contributed by atoms with van der Waals surface area (Å²) in [6.07, 6.45) is 3.02. The number of hydrogen-bond donors (Lipinski definition) is 0. The molecular formula is C10H11N3O. The van der Waals surface area contributed by atoms with Gasteiger partial charge in [-0.3, -0.25) is 4.68 Å². The number of carbonyl (C=O) groups excluding carboxylic acids is 1. The predicted molar refractivity (Wildman–Crippen MR) is 53.0 cm³/mol. The SMILES string of the molecule is Cc1nn(C)c2ncc(CC=O)cc12. The summed E-state index contributed by atoms with van der Waals surface area (Å²) in [5.41, 5.74) is 2.74. The third-order valence-corrected chi connectivity index (χ3v) is 2.24. The van der Waals surface area contributed by atoms with Crippen LogP contribution in [0.1, 0.15) is 11.3 Å². The van der Waals surface area contributed by atoms with Crippen molar-refractivity contribution in [3.05, 3.63) is 23.5 Å². The lowest BCUT2D eigenvalue weighted by atomic mass is 10.2. The van der Waals surface area contributed by atoms with Crippen molar-refractivity contribution in [1.29, 1.82) is 0 Å². The maximum absolute atomic E-state index is 10.4. The van der Waals surface area contributed by atoms with Crippen molar-refractivity contribution < 1.29 is 4.79 Å². The molecule has 2 rings (SSSR count). The van der Waals surface area contributed by atoms with E-state index in [2.05, 4.69) is 10.1 Å². The molecular weight excluding hydrogens is 178 g/mol. The Morgan fingerprint density at radius 1 is 1.57 bits per heavy atom. The normalized spacial score (nSPS) is 10.7. The Kier molecular flexibility index (Phi) is 2.04. The predicted octanol–water partition coefficient (Wildman–Crippen LogP) is 1.02. The fourth-order valence-corrected chi connectivity index (χ4v) is 1.56. The number of aromatic nitrogens is 3. The molecule has 0 aliphatic heterocycles. The monoisotopic (exact) mass is 189 g/mol. The summed E-state index contributed by atoms with van der Waals surface area (Å²) < 4.78 is 1.75. The zero-order valence-electron chi connectivity index (χ0n) is 8.19. The van der Waals surface area contributed by atoms with Gasteiger partial charge in [0.15, 0.2) is 5.65 Å². The van der Waals surface area contributed by atoms with Crippen LogP contribution in [-0.2, 0) is 18.3 Å². The Hall–Kier alpha value is -1.71. The lowest BCUT2D eigenvalue weighted by molar-refractivity contribution is -0.107. The van der Waals surface area contributed by atoms with Crippen molar-refractivity contribution in [2.24, 2.45) is 7.05 Å². The average molecular weight is 189 g/mol. The maximum atomic E-state index is 10.4. The molecule has 72 valence electrons. The van der Waals surface area contributed by atoms with Crippen molar-refractivity contribution in [3.8, 4) is 0 Å². The number of aldehydes is 1. The van der Waals surface area contributed by atoms with Crippen LogP contribution in [0.15, 0.2) is 12.3 Å². The van der Waals surface area contributed by atoms with E-state index in [1.54, 1.807) is 10.9 Å². The van der Waals surface area contributed by atoms with Crippen LogP contribution in [0.5, 0.6) is 0 Å². The van der Waals surface area contributed by atoms with Crippen LogP contribution in [0, 0.1) is 6.92 Å². The van der Waals surface area contributed by atoms with Gasteiger partial charge < -0.3 is 4.79 Å². The van der Waals surface area contributed by atoms with Gasteiger partial charge in [-0.1, -0.05) is 0 Å². The Morgan fingerprint density at radius 3 is 3.07 bits per heavy atom. The number of aryl methyl sites for hydroxylation is 2. The van der Waals surface area contributed by atoms with Crippen LogP contribution in [-0.4, -0.2) is 21.1 Å². The van der Waals surface area contributed by atoms with E-state index in [0.29, 0.717) is 6.42 Å². The average Bonchev–Trinajstić information content (AvgIpc) is 2.43. The lowest BCUT2D eigenvalue weighted by Crippen LogP contribution is -1.93. The van der Waals surface area contributed by atoms with Gasteiger partial charge >= 0.3 is 0 Å². The van der Waals surface area contributed by atoms with Crippen molar-refractivity contribution in [2.75, 3.05) is 0 Å². The molecule has 0 saturated heterocycles. The topological polar surface area (TPSA) is 47.8 Å². The zero-order chi connectivity index (χ0) is 10.1. The molecule has 2 aromatic heterocycles. The summed E-state index contributed by atoms with van der Waals surface area (Å²) in [6, 6.07) is 1.97. The molecule has 0 radical (unpaired) electrons. The lowest BCUT2D eigenvalue weighted by Gasteiger charge is -1.96. The largest absolute Gasteiger partial charge is 0.303 e. The van der Waals surface area contributed by atoms with Gasteiger partial charge in [-0.25, -0.2) is 4.98 Å². The molecule has 14 heavy (non-hydrogen) atoms. The number of fused-ring (bicyclic) bond motifs is 1. The molecule has 2 heterocycles. The van der Waals surface area contributed by atoms with E-state index in [0.717, 1.165) is 28.6 Å². The van der Waals surface area contributed by atoms with Gasteiger partial charge in [0.2, 0.25) is 0 Å². The summed E-state index contributed by atoms with van der Waals surface area (Å²) in [6.45, 7) is 1.94. The summed E-state index contributed by atoms with van der Waals surface area (Å²) in [7, 11) is 1.86. The van der Waals surface area contributed by atoms with E-state index in [4.69, 9.17) is 0 Å². The number of nitrogens with zero attached hydrogens (tertiary/aromatic N) is 3. The molecule has 0 saturated carbocycles. The van der Waals surface area contributed by atoms with Gasteiger partial charge in [-0.05, 0) is 18.6 Å². The molecule has 0 aromatic carbocycles. The highest BCUT2D eigenvalue weighted by Crippen LogP contribution is 2.16. The molecule has 0 atom stereocenters. The van der Waals surface area contributed by atoms with E-state index in [1.807, 2.05) is 20.0 Å². The molecule has 2 aromatic rings. The van der Waals surface area contributed by atoms with E-state index in [1.165, 1.54) is 0 Å². The summed E-state index contributed by atoms with van der Waals surface area (Å²) >= 11 is 0. The molecule has 0 unspecified atom stereocenters. The first-order valence-electron chi connectivity index (χ1n) is 4.44. The standard InChI is InChI=1S/C10H11N3O/c1-7-9-5-8(3-4-14)6-11-10(9)13(2)12-7/h4-6H,3H2,1-2H3. The van der Waals surface area contributed by atoms with E-state index >= 15 is 0 Å². The quantitative estimate of drug-likeness (QED) is 0.662. The number of carbonyl (C=O) groups is 1. The first-order valence-corrected chi connectivity index (χ1v) is 4.44. The molecule has 0 aliphatic carbocycles. The van der Waals surface area contributed by atoms with Crippen molar-refractivity contribution in [2.45, 2.75) is 13.3 Å². The molecule has 0 spiro atoms.